The minimum absolute atomic E-state index is 0. The first kappa shape index (κ1) is 20.5. The molecule has 0 spiro atoms. The monoisotopic (exact) mass is 227 g/mol. The predicted molar refractivity (Wildman–Crippen MR) is 76.9 cm³/mol. The largest absolute Gasteiger partial charge is 0.344 e. The van der Waals surface area contributed by atoms with Gasteiger partial charge in [-0.3, -0.25) is 0 Å². The van der Waals surface area contributed by atoms with Crippen LogP contribution in [0.25, 0.3) is 0 Å². The van der Waals surface area contributed by atoms with Crippen molar-refractivity contribution in [3.63, 3.8) is 0 Å². The van der Waals surface area contributed by atoms with Crippen LogP contribution in [0.5, 0.6) is 0 Å². The van der Waals surface area contributed by atoms with Crippen molar-refractivity contribution in [1.29, 1.82) is 0 Å². The van der Waals surface area contributed by atoms with Gasteiger partial charge in [0.2, 0.25) is 0 Å². The maximum atomic E-state index is 2.48. The quantitative estimate of drug-likeness (QED) is 0.488. The van der Waals surface area contributed by atoms with Gasteiger partial charge in [0.1, 0.15) is 12.8 Å². The maximum Gasteiger partial charge on any atom is 0.181 e. The average Bonchev–Trinajstić information content (AvgIpc) is 2.25. The molecule has 2 rings (SSSR count). The minimum Gasteiger partial charge on any atom is -0.344 e. The topological polar surface area (TPSA) is 38.0 Å². The highest BCUT2D eigenvalue weighted by Gasteiger charge is 2.33. The molecule has 0 unspecified atom stereocenters. The summed E-state index contributed by atoms with van der Waals surface area (Å²) in [5, 5.41) is 0. The van der Waals surface area contributed by atoms with E-state index in [-0.39, 0.29) is 34.0 Å². The molecule has 2 heteroatoms. The molecule has 0 bridgehead atoms. The molecule has 2 aliphatic rings. The van der Waals surface area contributed by atoms with Crippen molar-refractivity contribution in [2.75, 3.05) is 6.54 Å². The molecule has 0 fully saturated rings. The van der Waals surface area contributed by atoms with E-state index in [1.807, 2.05) is 0 Å². The second-order valence-electron chi connectivity index (χ2n) is 3.84. The van der Waals surface area contributed by atoms with Crippen LogP contribution in [0.15, 0.2) is 24.3 Å². The van der Waals surface area contributed by atoms with Crippen molar-refractivity contribution >= 4 is 6.21 Å². The summed E-state index contributed by atoms with van der Waals surface area (Å²) in [6.45, 7) is 3.50. The molecule has 3 N–H and O–H groups in total. The van der Waals surface area contributed by atoms with E-state index in [1.54, 1.807) is 0 Å². The fraction of sp³-hybridized carbons (Fsp3) is 0.643. The van der Waals surface area contributed by atoms with Crippen LogP contribution in [0.4, 0.5) is 0 Å². The summed E-state index contributed by atoms with van der Waals surface area (Å²) in [7, 11) is 0. The summed E-state index contributed by atoms with van der Waals surface area (Å²) in [5.74, 6) is 0. The van der Waals surface area contributed by atoms with Crippen molar-refractivity contribution in [2.24, 2.45) is 0 Å². The van der Waals surface area contributed by atoms with Gasteiger partial charge in [0.05, 0.1) is 0 Å². The highest BCUT2D eigenvalue weighted by Crippen LogP contribution is 2.23. The van der Waals surface area contributed by atoms with E-state index in [1.165, 1.54) is 13.0 Å². The standard InChI is InChI=1S/C11H16N.3CH4.H3N/c1-11-7-3-2-5-9-12(11)10-6-4-8-11;;;;/h2-4,8-9H,5-7,10H2,1H3;3*1H4;1H3/q+1;;;;/t11-;;;;/m1..../s1. The van der Waals surface area contributed by atoms with E-state index in [9.17, 15) is 0 Å². The normalized spacial score (nSPS) is 25.4. The van der Waals surface area contributed by atoms with Crippen LogP contribution in [-0.4, -0.2) is 22.9 Å². The van der Waals surface area contributed by atoms with Crippen LogP contribution in [0.3, 0.4) is 0 Å². The van der Waals surface area contributed by atoms with Gasteiger partial charge in [-0.2, -0.15) is 0 Å². The van der Waals surface area contributed by atoms with Gasteiger partial charge < -0.3 is 6.15 Å². The SMILES string of the molecule is C.C.C.C[C@@]12C=CCC[N+]1=CCC=CC2.N. The fourth-order valence-electron chi connectivity index (χ4n) is 1.99. The first-order chi connectivity index (χ1) is 5.81. The van der Waals surface area contributed by atoms with Crippen LogP contribution < -0.4 is 6.15 Å². The highest BCUT2D eigenvalue weighted by molar-refractivity contribution is 5.54. The molecule has 0 saturated heterocycles. The van der Waals surface area contributed by atoms with Crippen molar-refractivity contribution in [2.45, 2.75) is 54.0 Å². The van der Waals surface area contributed by atoms with Gasteiger partial charge in [0, 0.05) is 26.2 Å². The van der Waals surface area contributed by atoms with E-state index in [0.717, 1.165) is 12.8 Å². The van der Waals surface area contributed by atoms with E-state index in [0.29, 0.717) is 0 Å². The maximum absolute atomic E-state index is 2.48. The molecule has 0 saturated carbocycles. The minimum atomic E-state index is 0. The van der Waals surface area contributed by atoms with Crippen LogP contribution in [-0.2, 0) is 0 Å². The fourth-order valence-corrected chi connectivity index (χ4v) is 1.99. The summed E-state index contributed by atoms with van der Waals surface area (Å²) in [4.78, 5) is 0. The van der Waals surface area contributed by atoms with Crippen molar-refractivity contribution in [1.82, 2.24) is 6.15 Å². The van der Waals surface area contributed by atoms with E-state index in [4.69, 9.17) is 0 Å². The van der Waals surface area contributed by atoms with Gasteiger partial charge in [-0.05, 0) is 6.08 Å². The first-order valence-corrected chi connectivity index (χ1v) is 4.74. The van der Waals surface area contributed by atoms with Crippen LogP contribution in [0.2, 0.25) is 0 Å². The molecule has 0 amide bonds. The second kappa shape index (κ2) is 8.28. The molecule has 0 aromatic heterocycles. The van der Waals surface area contributed by atoms with Gasteiger partial charge >= 0.3 is 0 Å². The number of allylic oxidation sites excluding steroid dienone is 1. The molecule has 2 heterocycles. The molecule has 2 aliphatic heterocycles. The van der Waals surface area contributed by atoms with Gasteiger partial charge in [0.25, 0.3) is 0 Å². The predicted octanol–water partition coefficient (Wildman–Crippen LogP) is 4.21. The molecule has 2 nitrogen and oxygen atoms in total. The molecule has 0 aliphatic carbocycles. The number of hydrogen-bond donors (Lipinski definition) is 1. The summed E-state index contributed by atoms with van der Waals surface area (Å²) in [6, 6.07) is 0. The molecule has 0 aromatic rings. The Labute approximate surface area is 102 Å². The Kier molecular flexibility index (Phi) is 10.6. The second-order valence-corrected chi connectivity index (χ2v) is 3.84. The molecule has 1 atom stereocenters. The van der Waals surface area contributed by atoms with Crippen molar-refractivity contribution in [3.8, 4) is 0 Å². The zero-order chi connectivity index (χ0) is 8.44. The Morgan fingerprint density at radius 1 is 1.06 bits per heavy atom. The highest BCUT2D eigenvalue weighted by atomic mass is 15.1. The number of fused-ring (bicyclic) bond motifs is 1. The summed E-state index contributed by atoms with van der Waals surface area (Å²) in [6.07, 6.45) is 15.0. The van der Waals surface area contributed by atoms with E-state index >= 15 is 0 Å². The third kappa shape index (κ3) is 3.93. The third-order valence-electron chi connectivity index (χ3n) is 2.83. The lowest BCUT2D eigenvalue weighted by atomic mass is 9.93. The van der Waals surface area contributed by atoms with Gasteiger partial charge in [0.15, 0.2) is 5.54 Å². The Bertz CT molecular complexity index is 264. The number of nitrogens with zero attached hydrogens (tertiary/aromatic N) is 1. The van der Waals surface area contributed by atoms with Gasteiger partial charge in [-0.15, -0.1) is 0 Å². The van der Waals surface area contributed by atoms with Crippen LogP contribution in [0, 0.1) is 0 Å². The Morgan fingerprint density at radius 2 is 1.75 bits per heavy atom. The molecule has 0 radical (unpaired) electrons. The third-order valence-corrected chi connectivity index (χ3v) is 2.83. The lowest BCUT2D eigenvalue weighted by molar-refractivity contribution is -0.590. The van der Waals surface area contributed by atoms with Crippen LogP contribution in [0.1, 0.15) is 48.5 Å². The Morgan fingerprint density at radius 3 is 2.44 bits per heavy atom. The number of rotatable bonds is 0. The smallest absolute Gasteiger partial charge is 0.181 e. The van der Waals surface area contributed by atoms with Gasteiger partial charge in [-0.1, -0.05) is 40.5 Å². The summed E-state index contributed by atoms with van der Waals surface area (Å²) >= 11 is 0. The molecule has 16 heavy (non-hydrogen) atoms. The van der Waals surface area contributed by atoms with Gasteiger partial charge in [-0.25, -0.2) is 4.58 Å². The lowest BCUT2D eigenvalue weighted by Gasteiger charge is -2.24. The zero-order valence-electron chi connectivity index (χ0n) is 8.37. The zero-order valence-corrected chi connectivity index (χ0v) is 8.37. The average molecular weight is 227 g/mol. The van der Waals surface area contributed by atoms with E-state index in [2.05, 4.69) is 42.0 Å². The number of hydrogen-bond acceptors (Lipinski definition) is 1. The molecule has 96 valence electrons. The molecular weight excluding hydrogens is 196 g/mol. The Balaban J connectivity index is -0.000000422. The first-order valence-electron chi connectivity index (χ1n) is 4.74. The van der Waals surface area contributed by atoms with E-state index < -0.39 is 0 Å². The molecular formula is C14H31N2+. The summed E-state index contributed by atoms with van der Waals surface area (Å²) < 4.78 is 2.48. The van der Waals surface area contributed by atoms with Crippen LogP contribution >= 0.6 is 0 Å². The van der Waals surface area contributed by atoms with Crippen molar-refractivity contribution in [3.05, 3.63) is 24.3 Å². The lowest BCUT2D eigenvalue weighted by Crippen LogP contribution is -2.39. The van der Waals surface area contributed by atoms with Crippen molar-refractivity contribution < 1.29 is 4.58 Å². The summed E-state index contributed by atoms with van der Waals surface area (Å²) in [5.41, 5.74) is 0.269. The molecule has 0 aromatic carbocycles. The Hall–Kier alpha value is -0.890.